The first-order valence-corrected chi connectivity index (χ1v) is 6.70. The summed E-state index contributed by atoms with van der Waals surface area (Å²) in [6.45, 7) is 5.98. The van der Waals surface area contributed by atoms with Gasteiger partial charge in [-0.3, -0.25) is 4.68 Å². The molecule has 96 valence electrons. The molecule has 0 aromatic carbocycles. The third-order valence-corrected chi connectivity index (χ3v) is 3.32. The van der Waals surface area contributed by atoms with Crippen LogP contribution in [0.3, 0.4) is 0 Å². The van der Waals surface area contributed by atoms with Crippen molar-refractivity contribution >= 4 is 0 Å². The van der Waals surface area contributed by atoms with Gasteiger partial charge in [0.2, 0.25) is 0 Å². The Morgan fingerprint density at radius 2 is 2.29 bits per heavy atom. The molecule has 1 aromatic rings. The van der Waals surface area contributed by atoms with Crippen molar-refractivity contribution in [2.45, 2.75) is 58.2 Å². The van der Waals surface area contributed by atoms with Crippen LogP contribution in [0.15, 0.2) is 12.4 Å². The molecule has 1 unspecified atom stereocenters. The van der Waals surface area contributed by atoms with Crippen molar-refractivity contribution in [3.8, 4) is 5.75 Å². The first kappa shape index (κ1) is 12.4. The molecule has 0 amide bonds. The summed E-state index contributed by atoms with van der Waals surface area (Å²) in [4.78, 5) is 0. The maximum atomic E-state index is 5.81. The molecule has 1 aliphatic rings. The van der Waals surface area contributed by atoms with E-state index >= 15 is 0 Å². The van der Waals surface area contributed by atoms with Crippen LogP contribution >= 0.6 is 0 Å². The van der Waals surface area contributed by atoms with E-state index in [0.29, 0.717) is 6.04 Å². The van der Waals surface area contributed by atoms with Crippen molar-refractivity contribution in [3.63, 3.8) is 0 Å². The topological polar surface area (TPSA) is 39.1 Å². The summed E-state index contributed by atoms with van der Waals surface area (Å²) in [5.41, 5.74) is 0. The Balaban J connectivity index is 1.70. The molecule has 1 aliphatic carbocycles. The van der Waals surface area contributed by atoms with Crippen LogP contribution in [0.4, 0.5) is 0 Å². The van der Waals surface area contributed by atoms with Crippen molar-refractivity contribution in [1.82, 2.24) is 15.1 Å². The van der Waals surface area contributed by atoms with E-state index in [-0.39, 0.29) is 6.10 Å². The standard InChI is InChI=1S/C13H23N3O/c1-3-16-10-13(9-15-16)17-11(2)8-14-12-6-4-5-7-12/h9-12,14H,3-8H2,1-2H3. The third-order valence-electron chi connectivity index (χ3n) is 3.32. The summed E-state index contributed by atoms with van der Waals surface area (Å²) in [5.74, 6) is 0.868. The zero-order valence-corrected chi connectivity index (χ0v) is 10.9. The average molecular weight is 237 g/mol. The predicted octanol–water partition coefficient (Wildman–Crippen LogP) is 2.20. The van der Waals surface area contributed by atoms with Crippen molar-refractivity contribution in [2.24, 2.45) is 0 Å². The van der Waals surface area contributed by atoms with Gasteiger partial charge in [0, 0.05) is 19.1 Å². The van der Waals surface area contributed by atoms with E-state index in [1.807, 2.05) is 10.9 Å². The van der Waals surface area contributed by atoms with Gasteiger partial charge in [0.15, 0.2) is 5.75 Å². The Morgan fingerprint density at radius 3 is 2.94 bits per heavy atom. The monoisotopic (exact) mass is 237 g/mol. The van der Waals surface area contributed by atoms with Crippen LogP contribution in [0.2, 0.25) is 0 Å². The summed E-state index contributed by atoms with van der Waals surface area (Å²) >= 11 is 0. The summed E-state index contributed by atoms with van der Waals surface area (Å²) in [6, 6.07) is 0.708. The highest BCUT2D eigenvalue weighted by Crippen LogP contribution is 2.17. The fraction of sp³-hybridized carbons (Fsp3) is 0.769. The van der Waals surface area contributed by atoms with Gasteiger partial charge in [0.1, 0.15) is 6.10 Å². The van der Waals surface area contributed by atoms with E-state index in [4.69, 9.17) is 4.74 Å². The van der Waals surface area contributed by atoms with Crippen molar-refractivity contribution in [1.29, 1.82) is 0 Å². The maximum Gasteiger partial charge on any atom is 0.157 e. The first-order chi connectivity index (χ1) is 8.28. The van der Waals surface area contributed by atoms with E-state index in [2.05, 4.69) is 24.3 Å². The number of rotatable bonds is 6. The highest BCUT2D eigenvalue weighted by molar-refractivity contribution is 5.12. The van der Waals surface area contributed by atoms with Crippen LogP contribution in [0.5, 0.6) is 5.75 Å². The van der Waals surface area contributed by atoms with E-state index in [1.165, 1.54) is 25.7 Å². The number of aromatic nitrogens is 2. The lowest BCUT2D eigenvalue weighted by Gasteiger charge is -2.17. The van der Waals surface area contributed by atoms with Gasteiger partial charge < -0.3 is 10.1 Å². The molecule has 0 bridgehead atoms. The molecular weight excluding hydrogens is 214 g/mol. The lowest BCUT2D eigenvalue weighted by Crippen LogP contribution is -2.35. The quantitative estimate of drug-likeness (QED) is 0.824. The normalized spacial score (nSPS) is 18.5. The zero-order valence-electron chi connectivity index (χ0n) is 10.9. The van der Waals surface area contributed by atoms with Crippen LogP contribution < -0.4 is 10.1 Å². The minimum atomic E-state index is 0.199. The van der Waals surface area contributed by atoms with Crippen LogP contribution in [-0.4, -0.2) is 28.5 Å². The number of hydrogen-bond donors (Lipinski definition) is 1. The Bertz CT molecular complexity index is 331. The van der Waals surface area contributed by atoms with E-state index < -0.39 is 0 Å². The lowest BCUT2D eigenvalue weighted by atomic mass is 10.2. The molecule has 0 aliphatic heterocycles. The Morgan fingerprint density at radius 1 is 1.53 bits per heavy atom. The number of nitrogens with one attached hydrogen (secondary N) is 1. The second-order valence-electron chi connectivity index (χ2n) is 4.85. The Kier molecular flexibility index (Phi) is 4.42. The van der Waals surface area contributed by atoms with Crippen molar-refractivity contribution in [3.05, 3.63) is 12.4 Å². The molecule has 4 heteroatoms. The molecule has 4 nitrogen and oxygen atoms in total. The molecule has 1 saturated carbocycles. The van der Waals surface area contributed by atoms with Crippen LogP contribution in [0.25, 0.3) is 0 Å². The average Bonchev–Trinajstić information content (AvgIpc) is 2.97. The summed E-state index contributed by atoms with van der Waals surface area (Å²) in [7, 11) is 0. The third kappa shape index (κ3) is 3.73. The maximum absolute atomic E-state index is 5.81. The summed E-state index contributed by atoms with van der Waals surface area (Å²) in [5, 5.41) is 7.77. The van der Waals surface area contributed by atoms with Gasteiger partial charge in [-0.1, -0.05) is 12.8 Å². The van der Waals surface area contributed by atoms with Gasteiger partial charge in [-0.05, 0) is 26.7 Å². The molecule has 1 heterocycles. The second kappa shape index (κ2) is 6.05. The number of nitrogens with zero attached hydrogens (tertiary/aromatic N) is 2. The zero-order chi connectivity index (χ0) is 12.1. The lowest BCUT2D eigenvalue weighted by molar-refractivity contribution is 0.211. The second-order valence-corrected chi connectivity index (χ2v) is 4.85. The van der Waals surface area contributed by atoms with Crippen molar-refractivity contribution < 1.29 is 4.74 Å². The molecule has 1 N–H and O–H groups in total. The molecule has 1 atom stereocenters. The number of ether oxygens (including phenoxy) is 1. The molecule has 1 aromatic heterocycles. The van der Waals surface area contributed by atoms with E-state index in [9.17, 15) is 0 Å². The van der Waals surface area contributed by atoms with E-state index in [0.717, 1.165) is 18.8 Å². The fourth-order valence-electron chi connectivity index (χ4n) is 2.31. The van der Waals surface area contributed by atoms with Crippen molar-refractivity contribution in [2.75, 3.05) is 6.54 Å². The van der Waals surface area contributed by atoms with Crippen LogP contribution in [0, 0.1) is 0 Å². The Hall–Kier alpha value is -1.03. The molecule has 0 saturated heterocycles. The van der Waals surface area contributed by atoms with Crippen LogP contribution in [-0.2, 0) is 6.54 Å². The molecule has 0 spiro atoms. The van der Waals surface area contributed by atoms with Gasteiger partial charge in [-0.15, -0.1) is 0 Å². The molecular formula is C13H23N3O. The molecule has 2 rings (SSSR count). The number of aryl methyl sites for hydroxylation is 1. The van der Waals surface area contributed by atoms with Gasteiger partial charge in [0.25, 0.3) is 0 Å². The largest absolute Gasteiger partial charge is 0.486 e. The van der Waals surface area contributed by atoms with Gasteiger partial charge in [0.05, 0.1) is 12.4 Å². The smallest absolute Gasteiger partial charge is 0.157 e. The van der Waals surface area contributed by atoms with E-state index in [1.54, 1.807) is 6.20 Å². The van der Waals surface area contributed by atoms with Gasteiger partial charge in [-0.2, -0.15) is 5.10 Å². The van der Waals surface area contributed by atoms with Gasteiger partial charge in [-0.25, -0.2) is 0 Å². The number of hydrogen-bond acceptors (Lipinski definition) is 3. The van der Waals surface area contributed by atoms with Gasteiger partial charge >= 0.3 is 0 Å². The minimum Gasteiger partial charge on any atom is -0.486 e. The SMILES string of the molecule is CCn1cc(OC(C)CNC2CCCC2)cn1. The molecule has 0 radical (unpaired) electrons. The summed E-state index contributed by atoms with van der Waals surface area (Å²) in [6.07, 6.45) is 9.32. The summed E-state index contributed by atoms with van der Waals surface area (Å²) < 4.78 is 7.69. The Labute approximate surface area is 103 Å². The first-order valence-electron chi connectivity index (χ1n) is 6.70. The fourth-order valence-corrected chi connectivity index (χ4v) is 2.31. The minimum absolute atomic E-state index is 0.199. The highest BCUT2D eigenvalue weighted by Gasteiger charge is 2.15. The highest BCUT2D eigenvalue weighted by atomic mass is 16.5. The molecule has 17 heavy (non-hydrogen) atoms. The van der Waals surface area contributed by atoms with Crippen LogP contribution in [0.1, 0.15) is 39.5 Å². The predicted molar refractivity (Wildman–Crippen MR) is 68.2 cm³/mol. The molecule has 1 fully saturated rings.